The van der Waals surface area contributed by atoms with Crippen molar-refractivity contribution in [1.29, 1.82) is 0 Å². The van der Waals surface area contributed by atoms with Gasteiger partial charge in [0, 0.05) is 19.7 Å². The number of nitrogens with zero attached hydrogens (tertiary/aromatic N) is 1. The SMILES string of the molecule is COC[C@@H](O)CNC(=O)c1coc(COc2cccc(F)c2)n1. The summed E-state index contributed by atoms with van der Waals surface area (Å²) >= 11 is 0. The summed E-state index contributed by atoms with van der Waals surface area (Å²) in [5.41, 5.74) is 0.0625. The Kier molecular flexibility index (Phi) is 6.07. The molecular weight excluding hydrogens is 307 g/mol. The standard InChI is InChI=1S/C15H17FN2O5/c1-21-7-11(19)6-17-15(20)13-8-23-14(18-13)9-22-12-4-2-3-10(16)5-12/h2-5,8,11,19H,6-7,9H2,1H3,(H,17,20)/t11-/m0/s1. The van der Waals surface area contributed by atoms with Gasteiger partial charge >= 0.3 is 0 Å². The Labute approximate surface area is 132 Å². The molecule has 8 heteroatoms. The molecule has 0 saturated carbocycles. The third-order valence-electron chi connectivity index (χ3n) is 2.80. The number of oxazole rings is 1. The highest BCUT2D eigenvalue weighted by Crippen LogP contribution is 2.14. The lowest BCUT2D eigenvalue weighted by Gasteiger charge is -2.09. The molecule has 0 aliphatic heterocycles. The van der Waals surface area contributed by atoms with Crippen molar-refractivity contribution in [3.63, 3.8) is 0 Å². The second-order valence-corrected chi connectivity index (χ2v) is 4.69. The maximum absolute atomic E-state index is 13.0. The molecule has 2 aromatic rings. The van der Waals surface area contributed by atoms with Crippen molar-refractivity contribution >= 4 is 5.91 Å². The number of amides is 1. The summed E-state index contributed by atoms with van der Waals surface area (Å²) in [6.07, 6.45) is 0.383. The van der Waals surface area contributed by atoms with E-state index in [-0.39, 0.29) is 31.3 Å². The van der Waals surface area contributed by atoms with Crippen LogP contribution in [-0.4, -0.2) is 42.4 Å². The Hall–Kier alpha value is -2.45. The third kappa shape index (κ3) is 5.35. The zero-order chi connectivity index (χ0) is 16.7. The van der Waals surface area contributed by atoms with E-state index in [4.69, 9.17) is 13.9 Å². The van der Waals surface area contributed by atoms with Crippen LogP contribution in [-0.2, 0) is 11.3 Å². The minimum Gasteiger partial charge on any atom is -0.484 e. The Morgan fingerprint density at radius 1 is 1.52 bits per heavy atom. The van der Waals surface area contributed by atoms with Gasteiger partial charge in [0.25, 0.3) is 5.91 Å². The van der Waals surface area contributed by atoms with E-state index < -0.39 is 17.8 Å². The monoisotopic (exact) mass is 324 g/mol. The summed E-state index contributed by atoms with van der Waals surface area (Å²) in [5.74, 6) is -0.390. The predicted octanol–water partition coefficient (Wildman–Crippen LogP) is 1.13. The molecule has 0 saturated heterocycles. The fourth-order valence-corrected chi connectivity index (χ4v) is 1.74. The number of nitrogens with one attached hydrogen (secondary N) is 1. The number of carbonyl (C=O) groups excluding carboxylic acids is 1. The quantitative estimate of drug-likeness (QED) is 0.756. The van der Waals surface area contributed by atoms with Gasteiger partial charge in [0.15, 0.2) is 12.3 Å². The molecule has 0 aliphatic rings. The topological polar surface area (TPSA) is 93.8 Å². The summed E-state index contributed by atoms with van der Waals surface area (Å²) in [5, 5.41) is 11.9. The Morgan fingerprint density at radius 2 is 2.35 bits per heavy atom. The Bertz CT molecular complexity index is 646. The lowest BCUT2D eigenvalue weighted by atomic mass is 10.3. The van der Waals surface area contributed by atoms with Crippen molar-refractivity contribution in [3.05, 3.63) is 47.9 Å². The summed E-state index contributed by atoms with van der Waals surface area (Å²) in [6, 6.07) is 5.65. The summed E-state index contributed by atoms with van der Waals surface area (Å²) in [6.45, 7) is 0.115. The largest absolute Gasteiger partial charge is 0.484 e. The first-order valence-electron chi connectivity index (χ1n) is 6.86. The van der Waals surface area contributed by atoms with E-state index in [9.17, 15) is 14.3 Å². The van der Waals surface area contributed by atoms with Gasteiger partial charge in [0.05, 0.1) is 12.7 Å². The van der Waals surface area contributed by atoms with E-state index in [0.29, 0.717) is 5.75 Å². The van der Waals surface area contributed by atoms with Crippen LogP contribution in [0.1, 0.15) is 16.4 Å². The van der Waals surface area contributed by atoms with Gasteiger partial charge in [-0.15, -0.1) is 0 Å². The van der Waals surface area contributed by atoms with E-state index in [1.807, 2.05) is 0 Å². The number of halogens is 1. The molecule has 1 heterocycles. The number of benzene rings is 1. The van der Waals surface area contributed by atoms with Gasteiger partial charge < -0.3 is 24.3 Å². The molecule has 0 spiro atoms. The number of aliphatic hydroxyl groups is 1. The fourth-order valence-electron chi connectivity index (χ4n) is 1.74. The first kappa shape index (κ1) is 16.9. The summed E-state index contributed by atoms with van der Waals surface area (Å²) in [4.78, 5) is 15.8. The smallest absolute Gasteiger partial charge is 0.273 e. The number of ether oxygens (including phenoxy) is 2. The van der Waals surface area contributed by atoms with E-state index in [0.717, 1.165) is 0 Å². The number of hydrogen-bond donors (Lipinski definition) is 2. The van der Waals surface area contributed by atoms with Crippen LogP contribution in [0.25, 0.3) is 0 Å². The van der Waals surface area contributed by atoms with Crippen LogP contribution in [0, 0.1) is 5.82 Å². The van der Waals surface area contributed by atoms with E-state index in [1.54, 1.807) is 6.07 Å². The van der Waals surface area contributed by atoms with Crippen molar-refractivity contribution in [2.24, 2.45) is 0 Å². The first-order valence-corrected chi connectivity index (χ1v) is 6.86. The maximum atomic E-state index is 13.0. The molecule has 0 radical (unpaired) electrons. The van der Waals surface area contributed by atoms with Gasteiger partial charge in [0.2, 0.25) is 5.89 Å². The second-order valence-electron chi connectivity index (χ2n) is 4.69. The van der Waals surface area contributed by atoms with Crippen molar-refractivity contribution < 1.29 is 28.2 Å². The van der Waals surface area contributed by atoms with Crippen molar-refractivity contribution in [2.45, 2.75) is 12.7 Å². The van der Waals surface area contributed by atoms with Gasteiger partial charge in [-0.05, 0) is 12.1 Å². The molecular formula is C15H17FN2O5. The van der Waals surface area contributed by atoms with Crippen LogP contribution in [0.4, 0.5) is 4.39 Å². The molecule has 2 rings (SSSR count). The molecule has 23 heavy (non-hydrogen) atoms. The normalized spacial score (nSPS) is 12.0. The molecule has 0 fully saturated rings. The lowest BCUT2D eigenvalue weighted by Crippen LogP contribution is -2.34. The van der Waals surface area contributed by atoms with Crippen molar-refractivity contribution in [1.82, 2.24) is 10.3 Å². The molecule has 0 aliphatic carbocycles. The molecule has 7 nitrogen and oxygen atoms in total. The van der Waals surface area contributed by atoms with E-state index in [1.165, 1.54) is 31.6 Å². The number of methoxy groups -OCH3 is 1. The van der Waals surface area contributed by atoms with Gasteiger partial charge in [0.1, 0.15) is 17.8 Å². The van der Waals surface area contributed by atoms with E-state index >= 15 is 0 Å². The average Bonchev–Trinajstić information content (AvgIpc) is 3.00. The van der Waals surface area contributed by atoms with Crippen LogP contribution >= 0.6 is 0 Å². The number of aromatic nitrogens is 1. The molecule has 0 unspecified atom stereocenters. The van der Waals surface area contributed by atoms with Gasteiger partial charge in [-0.2, -0.15) is 0 Å². The highest BCUT2D eigenvalue weighted by molar-refractivity contribution is 5.91. The second kappa shape index (κ2) is 8.25. The molecule has 1 amide bonds. The molecule has 2 N–H and O–H groups in total. The predicted molar refractivity (Wildman–Crippen MR) is 77.5 cm³/mol. The van der Waals surface area contributed by atoms with Gasteiger partial charge in [-0.3, -0.25) is 4.79 Å². The Morgan fingerprint density at radius 3 is 3.09 bits per heavy atom. The third-order valence-corrected chi connectivity index (χ3v) is 2.80. The molecule has 1 aromatic carbocycles. The van der Waals surface area contributed by atoms with Crippen LogP contribution in [0.2, 0.25) is 0 Å². The fraction of sp³-hybridized carbons (Fsp3) is 0.333. The number of hydrogen-bond acceptors (Lipinski definition) is 6. The lowest BCUT2D eigenvalue weighted by molar-refractivity contribution is 0.0608. The highest BCUT2D eigenvalue weighted by Gasteiger charge is 2.14. The van der Waals surface area contributed by atoms with Crippen molar-refractivity contribution in [3.8, 4) is 5.75 Å². The number of carbonyl (C=O) groups is 1. The zero-order valence-corrected chi connectivity index (χ0v) is 12.5. The van der Waals surface area contributed by atoms with Crippen LogP contribution in [0.5, 0.6) is 5.75 Å². The van der Waals surface area contributed by atoms with Crippen LogP contribution in [0.3, 0.4) is 0 Å². The molecule has 0 bridgehead atoms. The summed E-state index contributed by atoms with van der Waals surface area (Å²) < 4.78 is 28.2. The molecule has 1 aromatic heterocycles. The minimum absolute atomic E-state index is 0.0364. The number of rotatable bonds is 8. The highest BCUT2D eigenvalue weighted by atomic mass is 19.1. The average molecular weight is 324 g/mol. The van der Waals surface area contributed by atoms with E-state index in [2.05, 4.69) is 10.3 Å². The zero-order valence-electron chi connectivity index (χ0n) is 12.5. The minimum atomic E-state index is -0.799. The Balaban J connectivity index is 1.84. The first-order chi connectivity index (χ1) is 11.1. The van der Waals surface area contributed by atoms with Gasteiger partial charge in [-0.1, -0.05) is 6.07 Å². The maximum Gasteiger partial charge on any atom is 0.273 e. The molecule has 1 atom stereocenters. The van der Waals surface area contributed by atoms with Gasteiger partial charge in [-0.25, -0.2) is 9.37 Å². The molecule has 124 valence electrons. The van der Waals surface area contributed by atoms with Crippen LogP contribution < -0.4 is 10.1 Å². The number of aliphatic hydroxyl groups excluding tert-OH is 1. The van der Waals surface area contributed by atoms with Crippen LogP contribution in [0.15, 0.2) is 34.9 Å². The van der Waals surface area contributed by atoms with Crippen molar-refractivity contribution in [2.75, 3.05) is 20.3 Å². The summed E-state index contributed by atoms with van der Waals surface area (Å²) in [7, 11) is 1.45.